The summed E-state index contributed by atoms with van der Waals surface area (Å²) in [6.45, 7) is 0.481. The molecule has 3 atom stereocenters. The van der Waals surface area contributed by atoms with Gasteiger partial charge in [-0.1, -0.05) is 11.6 Å². The molecule has 1 aliphatic carbocycles. The molecular weight excluding hydrogens is 372 g/mol. The summed E-state index contributed by atoms with van der Waals surface area (Å²) < 4.78 is 5.26. The summed E-state index contributed by atoms with van der Waals surface area (Å²) in [5.41, 5.74) is 0.330. The number of carboxylic acid groups (broad SMARTS) is 1. The van der Waals surface area contributed by atoms with Crippen molar-refractivity contribution in [1.82, 2.24) is 10.2 Å². The number of carbonyl (C=O) groups is 3. The van der Waals surface area contributed by atoms with Crippen molar-refractivity contribution >= 4 is 29.4 Å². The van der Waals surface area contributed by atoms with E-state index < -0.39 is 17.9 Å². The van der Waals surface area contributed by atoms with Crippen LogP contribution in [0.3, 0.4) is 0 Å². The van der Waals surface area contributed by atoms with Gasteiger partial charge in [0.2, 0.25) is 5.91 Å². The van der Waals surface area contributed by atoms with Crippen molar-refractivity contribution in [3.63, 3.8) is 0 Å². The van der Waals surface area contributed by atoms with Gasteiger partial charge in [0.05, 0.1) is 18.6 Å². The van der Waals surface area contributed by atoms with Gasteiger partial charge >= 0.3 is 5.97 Å². The Morgan fingerprint density at radius 3 is 2.70 bits per heavy atom. The number of benzene rings is 1. The van der Waals surface area contributed by atoms with Crippen molar-refractivity contribution in [2.24, 2.45) is 5.92 Å². The Hall–Kier alpha value is -2.28. The first-order chi connectivity index (χ1) is 12.9. The monoisotopic (exact) mass is 394 g/mol. The van der Waals surface area contributed by atoms with Crippen molar-refractivity contribution < 1.29 is 24.2 Å². The number of hydrogen-bond acceptors (Lipinski definition) is 4. The fourth-order valence-corrected chi connectivity index (χ4v) is 4.09. The van der Waals surface area contributed by atoms with Crippen LogP contribution in [0.1, 0.15) is 42.5 Å². The Morgan fingerprint density at radius 2 is 2.04 bits per heavy atom. The largest absolute Gasteiger partial charge is 0.496 e. The predicted molar refractivity (Wildman–Crippen MR) is 99.0 cm³/mol. The molecule has 2 aliphatic rings. The summed E-state index contributed by atoms with van der Waals surface area (Å²) >= 11 is 6.02. The number of nitrogens with one attached hydrogen (secondary N) is 1. The Kier molecular flexibility index (Phi) is 5.89. The van der Waals surface area contributed by atoms with Gasteiger partial charge in [0, 0.05) is 17.6 Å². The molecule has 0 bridgehead atoms. The van der Waals surface area contributed by atoms with Crippen molar-refractivity contribution in [2.75, 3.05) is 13.7 Å². The molecule has 1 aliphatic heterocycles. The number of hydrogen-bond donors (Lipinski definition) is 2. The summed E-state index contributed by atoms with van der Waals surface area (Å²) in [7, 11) is 1.48. The van der Waals surface area contributed by atoms with Crippen LogP contribution >= 0.6 is 11.6 Å². The quantitative estimate of drug-likeness (QED) is 0.799. The number of halogens is 1. The summed E-state index contributed by atoms with van der Waals surface area (Å²) in [6.07, 6.45) is 2.95. The lowest BCUT2D eigenvalue weighted by Crippen LogP contribution is -2.48. The third-order valence-corrected chi connectivity index (χ3v) is 5.57. The third-order valence-electron chi connectivity index (χ3n) is 5.34. The van der Waals surface area contributed by atoms with Crippen molar-refractivity contribution in [1.29, 1.82) is 0 Å². The van der Waals surface area contributed by atoms with Crippen LogP contribution < -0.4 is 10.1 Å². The smallest absolute Gasteiger partial charge is 0.306 e. The molecule has 7 nitrogen and oxygen atoms in total. The molecule has 1 saturated carbocycles. The summed E-state index contributed by atoms with van der Waals surface area (Å²) in [6, 6.07) is 4.10. The van der Waals surface area contributed by atoms with Crippen molar-refractivity contribution in [3.05, 3.63) is 28.8 Å². The molecule has 2 N–H and O–H groups in total. The molecule has 2 amide bonds. The van der Waals surface area contributed by atoms with E-state index in [4.69, 9.17) is 21.4 Å². The molecule has 27 heavy (non-hydrogen) atoms. The zero-order valence-electron chi connectivity index (χ0n) is 15.1. The standard InChI is InChI=1S/C19H23ClN2O5/c1-27-16-7-5-12(20)10-14(16)18(24)22-8-2-3-15(22)17(23)21-13-6-4-11(9-13)19(25)26/h5,7,10-11,13,15H,2-4,6,8-9H2,1H3,(H,21,23)(H,25,26)/t11-,13+,15?/m1/s1. The number of methoxy groups -OCH3 is 1. The SMILES string of the molecule is COc1ccc(Cl)cc1C(=O)N1CCCC1C(=O)N[C@H]1CC[C@@H](C(=O)O)C1. The minimum Gasteiger partial charge on any atom is -0.496 e. The molecule has 0 radical (unpaired) electrons. The molecule has 8 heteroatoms. The molecule has 1 heterocycles. The highest BCUT2D eigenvalue weighted by Crippen LogP contribution is 2.29. The highest BCUT2D eigenvalue weighted by atomic mass is 35.5. The van der Waals surface area contributed by atoms with E-state index in [0.717, 1.165) is 6.42 Å². The van der Waals surface area contributed by atoms with E-state index in [9.17, 15) is 14.4 Å². The number of rotatable bonds is 5. The molecule has 0 spiro atoms. The van der Waals surface area contributed by atoms with Gasteiger partial charge in [-0.2, -0.15) is 0 Å². The van der Waals surface area contributed by atoms with Crippen LogP contribution in [0, 0.1) is 5.92 Å². The number of carbonyl (C=O) groups excluding carboxylic acids is 2. The van der Waals surface area contributed by atoms with E-state index in [1.54, 1.807) is 23.1 Å². The average Bonchev–Trinajstić information content (AvgIpc) is 3.30. The lowest BCUT2D eigenvalue weighted by Gasteiger charge is -2.26. The zero-order chi connectivity index (χ0) is 19.6. The number of amides is 2. The van der Waals surface area contributed by atoms with Crippen molar-refractivity contribution in [2.45, 2.75) is 44.2 Å². The first-order valence-corrected chi connectivity index (χ1v) is 9.46. The topological polar surface area (TPSA) is 95.9 Å². The Bertz CT molecular complexity index is 754. The maximum atomic E-state index is 13.0. The molecule has 3 rings (SSSR count). The van der Waals surface area contributed by atoms with Crippen LogP contribution in [-0.2, 0) is 9.59 Å². The lowest BCUT2D eigenvalue weighted by molar-refractivity contribution is -0.141. The Labute approximate surface area is 162 Å². The van der Waals surface area contributed by atoms with Gasteiger partial charge in [0.1, 0.15) is 11.8 Å². The predicted octanol–water partition coefficient (Wildman–Crippen LogP) is 2.32. The molecule has 2 fully saturated rings. The zero-order valence-corrected chi connectivity index (χ0v) is 15.9. The van der Waals surface area contributed by atoms with Gasteiger partial charge in [0.25, 0.3) is 5.91 Å². The Morgan fingerprint density at radius 1 is 1.26 bits per heavy atom. The molecule has 1 aromatic rings. The van der Waals surface area contributed by atoms with E-state index in [-0.39, 0.29) is 17.9 Å². The molecule has 1 saturated heterocycles. The van der Waals surface area contributed by atoms with Crippen LogP contribution in [-0.4, -0.2) is 53.5 Å². The average molecular weight is 395 g/mol. The van der Waals surface area contributed by atoms with Crippen molar-refractivity contribution in [3.8, 4) is 5.75 Å². The highest BCUT2D eigenvalue weighted by molar-refractivity contribution is 6.31. The first-order valence-electron chi connectivity index (χ1n) is 9.08. The maximum Gasteiger partial charge on any atom is 0.306 e. The molecule has 1 unspecified atom stereocenters. The number of ether oxygens (including phenoxy) is 1. The van der Waals surface area contributed by atoms with E-state index in [0.29, 0.717) is 48.6 Å². The molecular formula is C19H23ClN2O5. The normalized spacial score (nSPS) is 24.7. The summed E-state index contributed by atoms with van der Waals surface area (Å²) in [4.78, 5) is 38.4. The summed E-state index contributed by atoms with van der Waals surface area (Å²) in [5.74, 6) is -1.33. The van der Waals surface area contributed by atoms with Crippen LogP contribution in [0.25, 0.3) is 0 Å². The fourth-order valence-electron chi connectivity index (χ4n) is 3.92. The number of aliphatic carboxylic acids is 1. The van der Waals surface area contributed by atoms with Crippen LogP contribution in [0.2, 0.25) is 5.02 Å². The first kappa shape index (κ1) is 19.5. The second-order valence-electron chi connectivity index (χ2n) is 7.05. The third kappa shape index (κ3) is 4.18. The summed E-state index contributed by atoms with van der Waals surface area (Å²) in [5, 5.41) is 12.5. The van der Waals surface area contributed by atoms with E-state index in [2.05, 4.69) is 5.32 Å². The minimum atomic E-state index is -0.822. The van der Waals surface area contributed by atoms with Gasteiger partial charge in [-0.3, -0.25) is 14.4 Å². The Balaban J connectivity index is 1.70. The molecule has 0 aromatic heterocycles. The molecule has 1 aromatic carbocycles. The van der Waals surface area contributed by atoms with Gasteiger partial charge < -0.3 is 20.1 Å². The van der Waals surface area contributed by atoms with Crippen LogP contribution in [0.4, 0.5) is 0 Å². The lowest BCUT2D eigenvalue weighted by atomic mass is 10.1. The van der Waals surface area contributed by atoms with Crippen LogP contribution in [0.15, 0.2) is 18.2 Å². The van der Waals surface area contributed by atoms with E-state index in [1.807, 2.05) is 0 Å². The number of carboxylic acids is 1. The maximum absolute atomic E-state index is 13.0. The van der Waals surface area contributed by atoms with E-state index in [1.165, 1.54) is 7.11 Å². The number of nitrogens with zero attached hydrogens (tertiary/aromatic N) is 1. The van der Waals surface area contributed by atoms with Gasteiger partial charge in [-0.15, -0.1) is 0 Å². The second kappa shape index (κ2) is 8.17. The minimum absolute atomic E-state index is 0.156. The fraction of sp³-hybridized carbons (Fsp3) is 0.526. The van der Waals surface area contributed by atoms with Gasteiger partial charge in [0.15, 0.2) is 0 Å². The highest BCUT2D eigenvalue weighted by Gasteiger charge is 2.38. The van der Waals surface area contributed by atoms with Crippen LogP contribution in [0.5, 0.6) is 5.75 Å². The second-order valence-corrected chi connectivity index (χ2v) is 7.49. The molecule has 146 valence electrons. The van der Waals surface area contributed by atoms with E-state index >= 15 is 0 Å². The van der Waals surface area contributed by atoms with Gasteiger partial charge in [-0.05, 0) is 50.3 Å². The number of likely N-dealkylation sites (tertiary alicyclic amines) is 1. The van der Waals surface area contributed by atoms with Gasteiger partial charge in [-0.25, -0.2) is 0 Å².